The van der Waals surface area contributed by atoms with E-state index >= 15 is 0 Å². The van der Waals surface area contributed by atoms with Crippen molar-refractivity contribution in [2.75, 3.05) is 5.32 Å². The highest BCUT2D eigenvalue weighted by Gasteiger charge is 2.18. The molecule has 0 aliphatic heterocycles. The molecule has 3 heteroatoms. The quantitative estimate of drug-likeness (QED) is 0.802. The molecule has 16 heavy (non-hydrogen) atoms. The lowest BCUT2D eigenvalue weighted by Gasteiger charge is -2.28. The Morgan fingerprint density at radius 3 is 2.88 bits per heavy atom. The van der Waals surface area contributed by atoms with Crippen LogP contribution in [0.2, 0.25) is 5.02 Å². The molecule has 1 N–H and O–H groups in total. The molecule has 1 nitrogen and oxygen atoms in total. The highest BCUT2D eigenvalue weighted by Crippen LogP contribution is 2.29. The van der Waals surface area contributed by atoms with Gasteiger partial charge in [-0.2, -0.15) is 0 Å². The second-order valence-electron chi connectivity index (χ2n) is 4.74. The molecule has 1 aromatic rings. The zero-order chi connectivity index (χ0) is 11.5. The minimum Gasteiger partial charge on any atom is -0.382 e. The van der Waals surface area contributed by atoms with Crippen LogP contribution in [0.1, 0.15) is 32.6 Å². The molecule has 2 atom stereocenters. The molecule has 1 aliphatic carbocycles. The van der Waals surface area contributed by atoms with Crippen LogP contribution in [-0.2, 0) is 0 Å². The van der Waals surface area contributed by atoms with E-state index in [1.165, 1.54) is 25.7 Å². The lowest BCUT2D eigenvalue weighted by atomic mass is 9.87. The summed E-state index contributed by atoms with van der Waals surface area (Å²) in [6, 6.07) is 6.66. The van der Waals surface area contributed by atoms with E-state index in [0.717, 1.165) is 21.1 Å². The highest BCUT2D eigenvalue weighted by molar-refractivity contribution is 9.10. The number of nitrogens with one attached hydrogen (secondary N) is 1. The van der Waals surface area contributed by atoms with E-state index < -0.39 is 0 Å². The lowest BCUT2D eigenvalue weighted by Crippen LogP contribution is -2.26. The van der Waals surface area contributed by atoms with Crippen LogP contribution in [0.5, 0.6) is 0 Å². The van der Waals surface area contributed by atoms with E-state index in [9.17, 15) is 0 Å². The SMILES string of the molecule is CC1CCCC(Nc2ccc(Cl)c(Br)c2)C1. The maximum Gasteiger partial charge on any atom is 0.0549 e. The topological polar surface area (TPSA) is 12.0 Å². The summed E-state index contributed by atoms with van der Waals surface area (Å²) < 4.78 is 0.961. The van der Waals surface area contributed by atoms with Crippen LogP contribution < -0.4 is 5.32 Å². The molecule has 0 heterocycles. The van der Waals surface area contributed by atoms with Crippen molar-refractivity contribution in [3.05, 3.63) is 27.7 Å². The van der Waals surface area contributed by atoms with E-state index in [1.807, 2.05) is 12.1 Å². The summed E-state index contributed by atoms with van der Waals surface area (Å²) in [6.07, 6.45) is 5.28. The van der Waals surface area contributed by atoms with Crippen LogP contribution in [0.25, 0.3) is 0 Å². The van der Waals surface area contributed by atoms with Crippen LogP contribution in [0.15, 0.2) is 22.7 Å². The van der Waals surface area contributed by atoms with E-state index in [-0.39, 0.29) is 0 Å². The molecule has 1 saturated carbocycles. The molecule has 2 unspecified atom stereocenters. The van der Waals surface area contributed by atoms with Crippen LogP contribution in [0.4, 0.5) is 5.69 Å². The Hall–Kier alpha value is -0.210. The average Bonchev–Trinajstić information content (AvgIpc) is 2.24. The smallest absolute Gasteiger partial charge is 0.0549 e. The van der Waals surface area contributed by atoms with Crippen molar-refractivity contribution in [3.63, 3.8) is 0 Å². The molecule has 1 fully saturated rings. The molecule has 0 aromatic heterocycles. The first-order valence-corrected chi connectivity index (χ1v) is 7.04. The Balaban J connectivity index is 2.00. The van der Waals surface area contributed by atoms with Crippen molar-refractivity contribution in [1.82, 2.24) is 0 Å². The van der Waals surface area contributed by atoms with E-state index in [1.54, 1.807) is 0 Å². The van der Waals surface area contributed by atoms with Gasteiger partial charge in [0.15, 0.2) is 0 Å². The first-order valence-electron chi connectivity index (χ1n) is 5.87. The van der Waals surface area contributed by atoms with Crippen LogP contribution in [0.3, 0.4) is 0 Å². The lowest BCUT2D eigenvalue weighted by molar-refractivity contribution is 0.358. The van der Waals surface area contributed by atoms with Gasteiger partial charge < -0.3 is 5.32 Å². The minimum absolute atomic E-state index is 0.622. The second-order valence-corrected chi connectivity index (χ2v) is 6.00. The number of anilines is 1. The van der Waals surface area contributed by atoms with Crippen molar-refractivity contribution in [3.8, 4) is 0 Å². The van der Waals surface area contributed by atoms with Gasteiger partial charge in [0.25, 0.3) is 0 Å². The summed E-state index contributed by atoms with van der Waals surface area (Å²) in [4.78, 5) is 0. The monoisotopic (exact) mass is 301 g/mol. The summed E-state index contributed by atoms with van der Waals surface area (Å²) in [6.45, 7) is 2.34. The molecule has 88 valence electrons. The van der Waals surface area contributed by atoms with E-state index in [0.29, 0.717) is 6.04 Å². The summed E-state index contributed by atoms with van der Waals surface area (Å²) in [5.41, 5.74) is 1.16. The largest absolute Gasteiger partial charge is 0.382 e. The highest BCUT2D eigenvalue weighted by atomic mass is 79.9. The molecular weight excluding hydrogens is 286 g/mol. The van der Waals surface area contributed by atoms with Crippen molar-refractivity contribution < 1.29 is 0 Å². The maximum absolute atomic E-state index is 5.97. The predicted octanol–water partition coefficient (Wildman–Crippen LogP) is 5.09. The average molecular weight is 303 g/mol. The van der Waals surface area contributed by atoms with E-state index in [4.69, 9.17) is 11.6 Å². The van der Waals surface area contributed by atoms with Crippen molar-refractivity contribution in [2.45, 2.75) is 38.6 Å². The Kier molecular flexibility index (Phi) is 4.15. The van der Waals surface area contributed by atoms with Crippen LogP contribution in [-0.4, -0.2) is 6.04 Å². The standard InChI is InChI=1S/C13H17BrClN/c1-9-3-2-4-10(7-9)16-11-5-6-13(15)12(14)8-11/h5-6,8-10,16H,2-4,7H2,1H3. The third kappa shape index (κ3) is 3.14. The molecule has 0 amide bonds. The first kappa shape index (κ1) is 12.3. The third-order valence-electron chi connectivity index (χ3n) is 3.23. The zero-order valence-corrected chi connectivity index (χ0v) is 11.8. The zero-order valence-electron chi connectivity index (χ0n) is 9.47. The Labute approximate surface area is 111 Å². The van der Waals surface area contributed by atoms with Crippen LogP contribution in [0, 0.1) is 5.92 Å². The fourth-order valence-corrected chi connectivity index (χ4v) is 2.88. The molecule has 0 saturated heterocycles. The van der Waals surface area contributed by atoms with Crippen molar-refractivity contribution in [2.24, 2.45) is 5.92 Å². The number of halogens is 2. The Morgan fingerprint density at radius 1 is 1.38 bits per heavy atom. The fraction of sp³-hybridized carbons (Fsp3) is 0.538. The van der Waals surface area contributed by atoms with Gasteiger partial charge in [0.05, 0.1) is 5.02 Å². The molecule has 0 bridgehead atoms. The number of benzene rings is 1. The van der Waals surface area contributed by atoms with Gasteiger partial charge in [0.2, 0.25) is 0 Å². The Morgan fingerprint density at radius 2 is 2.19 bits per heavy atom. The fourth-order valence-electron chi connectivity index (χ4n) is 2.39. The van der Waals surface area contributed by atoms with Gasteiger partial charge >= 0.3 is 0 Å². The number of rotatable bonds is 2. The summed E-state index contributed by atoms with van der Waals surface area (Å²) in [5, 5.41) is 4.36. The summed E-state index contributed by atoms with van der Waals surface area (Å²) in [7, 11) is 0. The van der Waals surface area contributed by atoms with Gasteiger partial charge in [-0.1, -0.05) is 31.4 Å². The number of hydrogen-bond acceptors (Lipinski definition) is 1. The van der Waals surface area contributed by atoms with Gasteiger partial charge in [-0.25, -0.2) is 0 Å². The van der Waals surface area contributed by atoms with E-state index in [2.05, 4.69) is 34.2 Å². The van der Waals surface area contributed by atoms with Crippen LogP contribution >= 0.6 is 27.5 Å². The number of hydrogen-bond donors (Lipinski definition) is 1. The molecular formula is C13H17BrClN. The van der Waals surface area contributed by atoms with Crippen molar-refractivity contribution in [1.29, 1.82) is 0 Å². The maximum atomic E-state index is 5.97. The first-order chi connectivity index (χ1) is 7.65. The molecule has 1 aromatic carbocycles. The molecule has 2 rings (SSSR count). The molecule has 0 radical (unpaired) electrons. The predicted molar refractivity (Wildman–Crippen MR) is 74.2 cm³/mol. The second kappa shape index (κ2) is 5.42. The molecule has 0 spiro atoms. The van der Waals surface area contributed by atoms with Gasteiger partial charge in [0, 0.05) is 16.2 Å². The van der Waals surface area contributed by atoms with Gasteiger partial charge in [-0.3, -0.25) is 0 Å². The summed E-state index contributed by atoms with van der Waals surface area (Å²) >= 11 is 9.42. The Bertz CT molecular complexity index is 367. The normalized spacial score (nSPS) is 25.4. The third-order valence-corrected chi connectivity index (χ3v) is 4.44. The van der Waals surface area contributed by atoms with Gasteiger partial charge in [-0.15, -0.1) is 0 Å². The summed E-state index contributed by atoms with van der Waals surface area (Å²) in [5.74, 6) is 0.849. The van der Waals surface area contributed by atoms with Gasteiger partial charge in [0.1, 0.15) is 0 Å². The minimum atomic E-state index is 0.622. The molecule has 1 aliphatic rings. The van der Waals surface area contributed by atoms with Gasteiger partial charge in [-0.05, 0) is 52.9 Å². The van der Waals surface area contributed by atoms with Crippen molar-refractivity contribution >= 4 is 33.2 Å².